The molecule has 5 rings (SSSR count). The molecule has 240 valence electrons. The smallest absolute Gasteiger partial charge is 0.291 e. The summed E-state index contributed by atoms with van der Waals surface area (Å²) >= 11 is 0. The summed E-state index contributed by atoms with van der Waals surface area (Å²) in [5, 5.41) is 16.4. The highest BCUT2D eigenvalue weighted by atomic mass is 19.3. The van der Waals surface area contributed by atoms with E-state index in [-0.39, 0.29) is 55.7 Å². The first kappa shape index (κ1) is 32.0. The van der Waals surface area contributed by atoms with Gasteiger partial charge in [0.15, 0.2) is 11.7 Å². The lowest BCUT2D eigenvalue weighted by Gasteiger charge is -2.47. The van der Waals surface area contributed by atoms with Crippen LogP contribution in [0, 0.1) is 17.3 Å². The molecule has 12 heteroatoms. The molecule has 1 spiro atoms. The first-order chi connectivity index (χ1) is 20.8. The summed E-state index contributed by atoms with van der Waals surface area (Å²) in [6, 6.07) is 7.15. The molecule has 2 aromatic rings. The molecule has 0 bridgehead atoms. The van der Waals surface area contributed by atoms with Crippen LogP contribution < -0.4 is 5.32 Å². The number of nitrogens with zero attached hydrogens (tertiary/aromatic N) is 6. The number of amidine groups is 1. The lowest BCUT2D eigenvalue weighted by Crippen LogP contribution is -2.53. The van der Waals surface area contributed by atoms with Crippen LogP contribution in [0.1, 0.15) is 114 Å². The van der Waals surface area contributed by atoms with Crippen molar-refractivity contribution in [1.82, 2.24) is 35.7 Å². The first-order valence-corrected chi connectivity index (χ1v) is 15.9. The molecule has 10 nitrogen and oxygen atoms in total. The third kappa shape index (κ3) is 6.94. The lowest BCUT2D eigenvalue weighted by atomic mass is 9.69. The Balaban J connectivity index is 1.44. The number of hydrogen-bond donors (Lipinski definition) is 2. The second-order valence-electron chi connectivity index (χ2n) is 14.2. The minimum atomic E-state index is -2.71. The van der Waals surface area contributed by atoms with E-state index in [1.807, 2.05) is 17.0 Å². The van der Waals surface area contributed by atoms with E-state index in [9.17, 15) is 18.4 Å². The minimum Gasteiger partial charge on any atom is -0.352 e. The highest BCUT2D eigenvalue weighted by Crippen LogP contribution is 2.50. The number of nitrogens with one attached hydrogen (secondary N) is 2. The van der Waals surface area contributed by atoms with Crippen molar-refractivity contribution in [3.05, 3.63) is 41.2 Å². The van der Waals surface area contributed by atoms with E-state index < -0.39 is 11.6 Å². The average molecular weight is 613 g/mol. The molecule has 2 aliphatic heterocycles. The van der Waals surface area contributed by atoms with Gasteiger partial charge in [0.1, 0.15) is 5.66 Å². The molecule has 1 saturated heterocycles. The SMILES string of the molecule is CC(C)CC[C@H](c1ccc(C(=O)NCc2nn[nH]n2)cc1)N1C(=O)C(N2CCC(F)(F)CC2)=NC12CCC(C(C)(C)C)CC2. The van der Waals surface area contributed by atoms with Crippen LogP contribution in [0.4, 0.5) is 8.78 Å². The number of carbonyl (C=O) groups is 2. The molecule has 44 heavy (non-hydrogen) atoms. The van der Waals surface area contributed by atoms with Crippen molar-refractivity contribution in [3.63, 3.8) is 0 Å². The molecule has 1 aromatic heterocycles. The van der Waals surface area contributed by atoms with Crippen LogP contribution in [-0.4, -0.2) is 72.7 Å². The summed E-state index contributed by atoms with van der Waals surface area (Å²) in [7, 11) is 0. The van der Waals surface area contributed by atoms with Gasteiger partial charge in [-0.15, -0.1) is 10.2 Å². The van der Waals surface area contributed by atoms with E-state index in [0.717, 1.165) is 44.1 Å². The third-order valence-corrected chi connectivity index (χ3v) is 9.66. The molecule has 2 amide bonds. The number of halogens is 2. The number of tetrazole rings is 1. The fraction of sp³-hybridized carbons (Fsp3) is 0.688. The van der Waals surface area contributed by atoms with Gasteiger partial charge in [-0.3, -0.25) is 9.59 Å². The van der Waals surface area contributed by atoms with Gasteiger partial charge in [-0.05, 0) is 73.5 Å². The molecule has 2 fully saturated rings. The van der Waals surface area contributed by atoms with Gasteiger partial charge in [0, 0.05) is 31.5 Å². The number of aromatic nitrogens is 4. The number of rotatable bonds is 8. The number of piperidine rings is 1. The standard InChI is InChI=1S/C32H46F2N8O2/c1-21(2)6-11-25(22-7-9-23(10-8-22)28(43)35-20-26-37-39-40-38-26)42-29(44)27(41-18-16-31(33,34)17-19-41)36-32(42)14-12-24(13-15-32)30(3,4)5/h7-10,21,24-25H,6,11-20H2,1-5H3,(H,35,43)(H,37,38,39,40)/t24?,25-,32?/m1/s1. The fourth-order valence-electron chi connectivity index (χ4n) is 6.89. The molecule has 0 unspecified atom stereocenters. The van der Waals surface area contributed by atoms with Crippen molar-refractivity contribution in [2.75, 3.05) is 13.1 Å². The summed E-state index contributed by atoms with van der Waals surface area (Å²) in [5.41, 5.74) is 0.861. The summed E-state index contributed by atoms with van der Waals surface area (Å²) in [6.07, 6.45) is 4.45. The molecular weight excluding hydrogens is 566 g/mol. The second kappa shape index (κ2) is 12.5. The van der Waals surface area contributed by atoms with E-state index in [1.165, 1.54) is 0 Å². The van der Waals surface area contributed by atoms with E-state index in [1.54, 1.807) is 17.0 Å². The van der Waals surface area contributed by atoms with Crippen molar-refractivity contribution in [1.29, 1.82) is 0 Å². The Morgan fingerprint density at radius 1 is 1.07 bits per heavy atom. The largest absolute Gasteiger partial charge is 0.352 e. The number of carbonyl (C=O) groups excluding carboxylic acids is 2. The van der Waals surface area contributed by atoms with Crippen molar-refractivity contribution in [3.8, 4) is 0 Å². The zero-order valence-electron chi connectivity index (χ0n) is 26.6. The molecular formula is C32H46F2N8O2. The molecule has 2 N–H and O–H groups in total. The topological polar surface area (TPSA) is 119 Å². The number of benzene rings is 1. The Kier molecular flexibility index (Phi) is 9.09. The van der Waals surface area contributed by atoms with E-state index >= 15 is 0 Å². The zero-order valence-corrected chi connectivity index (χ0v) is 26.6. The molecule has 3 aliphatic rings. The molecule has 1 aliphatic carbocycles. The van der Waals surface area contributed by atoms with Gasteiger partial charge < -0.3 is 15.1 Å². The molecule has 1 atom stereocenters. The van der Waals surface area contributed by atoms with E-state index in [0.29, 0.717) is 29.1 Å². The molecule has 1 aromatic carbocycles. The summed E-state index contributed by atoms with van der Waals surface area (Å²) in [6.45, 7) is 11.5. The van der Waals surface area contributed by atoms with Gasteiger partial charge in [0.2, 0.25) is 0 Å². The van der Waals surface area contributed by atoms with Crippen molar-refractivity contribution >= 4 is 17.6 Å². The number of alkyl halides is 2. The quantitative estimate of drug-likeness (QED) is 0.406. The molecule has 0 radical (unpaired) electrons. The van der Waals surface area contributed by atoms with Crippen LogP contribution in [0.15, 0.2) is 29.3 Å². The van der Waals surface area contributed by atoms with Gasteiger partial charge in [0.05, 0.1) is 12.6 Å². The number of likely N-dealkylation sites (tertiary alicyclic amines) is 1. The maximum atomic E-state index is 14.4. The van der Waals surface area contributed by atoms with Crippen LogP contribution in [-0.2, 0) is 11.3 Å². The Hall–Kier alpha value is -3.44. The Morgan fingerprint density at radius 3 is 2.30 bits per heavy atom. The van der Waals surface area contributed by atoms with Gasteiger partial charge in [-0.1, -0.05) is 52.0 Å². The lowest BCUT2D eigenvalue weighted by molar-refractivity contribution is -0.134. The van der Waals surface area contributed by atoms with Crippen molar-refractivity contribution < 1.29 is 18.4 Å². The second-order valence-corrected chi connectivity index (χ2v) is 14.2. The first-order valence-electron chi connectivity index (χ1n) is 15.9. The van der Waals surface area contributed by atoms with Gasteiger partial charge in [-0.2, -0.15) is 5.21 Å². The maximum absolute atomic E-state index is 14.4. The van der Waals surface area contributed by atoms with E-state index in [2.05, 4.69) is 60.6 Å². The highest BCUT2D eigenvalue weighted by molar-refractivity contribution is 6.39. The van der Waals surface area contributed by atoms with E-state index in [4.69, 9.17) is 4.99 Å². The number of H-pyrrole nitrogens is 1. The minimum absolute atomic E-state index is 0.121. The highest BCUT2D eigenvalue weighted by Gasteiger charge is 2.54. The number of amides is 2. The van der Waals surface area contributed by atoms with Crippen LogP contribution in [0.3, 0.4) is 0 Å². The Labute approximate surface area is 258 Å². The van der Waals surface area contributed by atoms with Crippen molar-refractivity contribution in [2.24, 2.45) is 22.2 Å². The number of hydrogen-bond acceptors (Lipinski definition) is 7. The Morgan fingerprint density at radius 2 is 1.73 bits per heavy atom. The van der Waals surface area contributed by atoms with Gasteiger partial charge in [-0.25, -0.2) is 13.8 Å². The number of aliphatic imine (C=N–C) groups is 1. The zero-order chi connectivity index (χ0) is 31.7. The van der Waals surface area contributed by atoms with Gasteiger partial charge >= 0.3 is 0 Å². The average Bonchev–Trinajstić information content (AvgIpc) is 3.59. The fourth-order valence-corrected chi connectivity index (χ4v) is 6.89. The summed E-state index contributed by atoms with van der Waals surface area (Å²) < 4.78 is 28.2. The van der Waals surface area contributed by atoms with Gasteiger partial charge in [0.25, 0.3) is 17.7 Å². The van der Waals surface area contributed by atoms with Crippen molar-refractivity contribution in [2.45, 2.75) is 110 Å². The summed E-state index contributed by atoms with van der Waals surface area (Å²) in [5.74, 6) is -1.49. The summed E-state index contributed by atoms with van der Waals surface area (Å²) in [4.78, 5) is 36.2. The van der Waals surface area contributed by atoms with Crippen LogP contribution >= 0.6 is 0 Å². The predicted octanol–water partition coefficient (Wildman–Crippen LogP) is 5.51. The monoisotopic (exact) mass is 612 g/mol. The molecule has 1 saturated carbocycles. The number of aromatic amines is 1. The maximum Gasteiger partial charge on any atom is 0.291 e. The van der Waals surface area contributed by atoms with Crippen LogP contribution in [0.2, 0.25) is 0 Å². The van der Waals surface area contributed by atoms with Crippen LogP contribution in [0.25, 0.3) is 0 Å². The third-order valence-electron chi connectivity index (χ3n) is 9.66. The predicted molar refractivity (Wildman–Crippen MR) is 163 cm³/mol. The normalized spacial score (nSPS) is 24.6. The van der Waals surface area contributed by atoms with Crippen LogP contribution in [0.5, 0.6) is 0 Å². The molecule has 3 heterocycles. The Bertz CT molecular complexity index is 1320.